The van der Waals surface area contributed by atoms with Crippen LogP contribution in [0.15, 0.2) is 187 Å². The van der Waals surface area contributed by atoms with E-state index in [0.717, 1.165) is 60.9 Å². The van der Waals surface area contributed by atoms with Crippen LogP contribution in [0.3, 0.4) is 0 Å². The van der Waals surface area contributed by atoms with Gasteiger partial charge in [-0.3, -0.25) is 4.98 Å². The highest BCUT2D eigenvalue weighted by atomic mass is 16.3. The molecular weight excluding hydrogens is 609 g/mol. The fourth-order valence-corrected chi connectivity index (χ4v) is 7.63. The van der Waals surface area contributed by atoms with E-state index in [9.17, 15) is 0 Å². The van der Waals surface area contributed by atoms with E-state index in [1.54, 1.807) is 0 Å². The first-order valence-corrected chi connectivity index (χ1v) is 16.9. The minimum absolute atomic E-state index is 0.848. The summed E-state index contributed by atoms with van der Waals surface area (Å²) in [6.45, 7) is 0. The van der Waals surface area contributed by atoms with Crippen LogP contribution in [0, 0.1) is 0 Å². The summed E-state index contributed by atoms with van der Waals surface area (Å²) in [4.78, 5) is 7.06. The van der Waals surface area contributed by atoms with Crippen molar-refractivity contribution in [2.75, 3.05) is 4.90 Å². The molecule has 0 bridgehead atoms. The van der Waals surface area contributed by atoms with Crippen molar-refractivity contribution in [3.63, 3.8) is 0 Å². The fourth-order valence-electron chi connectivity index (χ4n) is 7.63. The van der Waals surface area contributed by atoms with E-state index in [0.29, 0.717) is 0 Å². The molecule has 2 aromatic heterocycles. The predicted molar refractivity (Wildman–Crippen MR) is 210 cm³/mol. The van der Waals surface area contributed by atoms with Gasteiger partial charge in [-0.15, -0.1) is 0 Å². The smallest absolute Gasteiger partial charge is 0.138 e. The summed E-state index contributed by atoms with van der Waals surface area (Å²) in [7, 11) is 0. The number of furan rings is 1. The first-order chi connectivity index (χ1) is 24.8. The highest BCUT2D eigenvalue weighted by molar-refractivity contribution is 6.21. The molecule has 50 heavy (non-hydrogen) atoms. The molecule has 0 aliphatic rings. The van der Waals surface area contributed by atoms with Gasteiger partial charge in [0.15, 0.2) is 0 Å². The summed E-state index contributed by atoms with van der Waals surface area (Å²) < 4.78 is 6.56. The normalized spacial score (nSPS) is 11.6. The van der Waals surface area contributed by atoms with Gasteiger partial charge in [0.05, 0.1) is 11.1 Å². The average molecular weight is 639 g/mol. The summed E-state index contributed by atoms with van der Waals surface area (Å²) in [6.07, 6.45) is 3.84. The highest BCUT2D eigenvalue weighted by Crippen LogP contribution is 2.48. The van der Waals surface area contributed by atoms with E-state index in [4.69, 9.17) is 4.42 Å². The van der Waals surface area contributed by atoms with Crippen molar-refractivity contribution < 1.29 is 4.42 Å². The Morgan fingerprint density at radius 1 is 0.420 bits per heavy atom. The van der Waals surface area contributed by atoms with Crippen molar-refractivity contribution in [3.05, 3.63) is 182 Å². The van der Waals surface area contributed by atoms with Crippen molar-refractivity contribution in [2.45, 2.75) is 0 Å². The zero-order valence-electron chi connectivity index (χ0n) is 27.1. The van der Waals surface area contributed by atoms with Crippen LogP contribution in [0.2, 0.25) is 0 Å². The zero-order valence-corrected chi connectivity index (χ0v) is 27.1. The summed E-state index contributed by atoms with van der Waals surface area (Å²) in [6, 6.07) is 60.6. The summed E-state index contributed by atoms with van der Waals surface area (Å²) in [5, 5.41) is 9.17. The van der Waals surface area contributed by atoms with Crippen LogP contribution in [0.1, 0.15) is 0 Å². The SMILES string of the molecule is c1cc(-c2cccc3ccccc23)cc(N(c2cccc(-c3cccc4ccccc34)c2)c2c3cnccc3cc3oc4ccccc4c23)c1. The van der Waals surface area contributed by atoms with Crippen LogP contribution in [0.4, 0.5) is 17.1 Å². The second kappa shape index (κ2) is 11.5. The van der Waals surface area contributed by atoms with Gasteiger partial charge >= 0.3 is 0 Å². The van der Waals surface area contributed by atoms with Crippen molar-refractivity contribution in [1.29, 1.82) is 0 Å². The van der Waals surface area contributed by atoms with E-state index in [-0.39, 0.29) is 0 Å². The quantitative estimate of drug-likeness (QED) is 0.188. The third-order valence-corrected chi connectivity index (χ3v) is 9.89. The third-order valence-electron chi connectivity index (χ3n) is 9.89. The molecule has 234 valence electrons. The van der Waals surface area contributed by atoms with Crippen LogP contribution in [-0.4, -0.2) is 4.98 Å². The molecule has 0 saturated carbocycles. The van der Waals surface area contributed by atoms with Gasteiger partial charge in [0, 0.05) is 34.5 Å². The maximum Gasteiger partial charge on any atom is 0.138 e. The molecule has 3 nitrogen and oxygen atoms in total. The molecule has 0 radical (unpaired) electrons. The number of pyridine rings is 1. The van der Waals surface area contributed by atoms with Gasteiger partial charge in [-0.2, -0.15) is 0 Å². The standard InChI is InChI=1S/C47H30N2O/c1-3-19-38-31(11-1)13-9-22-40(38)33-15-7-17-36(27-33)49(37-18-8-16-34(28-37)41-23-10-14-32-12-2-4-20-39(32)41)47-43-30-48-26-25-35(43)29-45-46(47)42-21-5-6-24-44(42)50-45/h1-30H. The van der Waals surface area contributed by atoms with Gasteiger partial charge in [0.1, 0.15) is 11.2 Å². The number of hydrogen-bond donors (Lipinski definition) is 0. The van der Waals surface area contributed by atoms with Crippen molar-refractivity contribution >= 4 is 71.3 Å². The molecule has 0 atom stereocenters. The Hall–Kier alpha value is -6.71. The van der Waals surface area contributed by atoms with E-state index in [2.05, 4.69) is 174 Å². The molecule has 2 heterocycles. The zero-order chi connectivity index (χ0) is 33.0. The summed E-state index contributed by atoms with van der Waals surface area (Å²) in [5.74, 6) is 0. The van der Waals surface area contributed by atoms with E-state index < -0.39 is 0 Å². The molecule has 3 heteroatoms. The van der Waals surface area contributed by atoms with Gasteiger partial charge in [-0.1, -0.05) is 127 Å². The number of nitrogens with zero attached hydrogens (tertiary/aromatic N) is 2. The number of rotatable bonds is 5. The molecular formula is C47H30N2O. The van der Waals surface area contributed by atoms with Gasteiger partial charge in [0.25, 0.3) is 0 Å². The first-order valence-electron chi connectivity index (χ1n) is 16.9. The second-order valence-electron chi connectivity index (χ2n) is 12.8. The van der Waals surface area contributed by atoms with Gasteiger partial charge < -0.3 is 9.32 Å². The van der Waals surface area contributed by atoms with Crippen molar-refractivity contribution in [3.8, 4) is 22.3 Å². The lowest BCUT2D eigenvalue weighted by atomic mass is 9.96. The molecule has 0 amide bonds. The molecule has 0 aliphatic heterocycles. The minimum Gasteiger partial charge on any atom is -0.456 e. The maximum absolute atomic E-state index is 6.56. The Bertz CT molecular complexity index is 2770. The first kappa shape index (κ1) is 28.3. The van der Waals surface area contributed by atoms with E-state index in [1.165, 1.54) is 32.7 Å². The molecule has 0 unspecified atom stereocenters. The molecule has 0 fully saturated rings. The molecule has 0 N–H and O–H groups in total. The average Bonchev–Trinajstić information content (AvgIpc) is 3.56. The Balaban J connectivity index is 1.29. The Morgan fingerprint density at radius 2 is 0.980 bits per heavy atom. The van der Waals surface area contributed by atoms with Crippen LogP contribution >= 0.6 is 0 Å². The molecule has 0 saturated heterocycles. The minimum atomic E-state index is 0.848. The second-order valence-corrected chi connectivity index (χ2v) is 12.8. The maximum atomic E-state index is 6.56. The van der Waals surface area contributed by atoms with Crippen LogP contribution in [0.25, 0.3) is 76.5 Å². The number of fused-ring (bicyclic) bond motifs is 6. The molecule has 8 aromatic carbocycles. The summed E-state index contributed by atoms with van der Waals surface area (Å²) in [5.41, 5.74) is 9.56. The van der Waals surface area contributed by atoms with Gasteiger partial charge in [-0.05, 0) is 91.6 Å². The monoisotopic (exact) mass is 638 g/mol. The topological polar surface area (TPSA) is 29.3 Å². The van der Waals surface area contributed by atoms with Crippen molar-refractivity contribution in [1.82, 2.24) is 4.98 Å². The Kier molecular flexibility index (Phi) is 6.49. The van der Waals surface area contributed by atoms with E-state index in [1.807, 2.05) is 18.5 Å². The molecule has 0 aliphatic carbocycles. The summed E-state index contributed by atoms with van der Waals surface area (Å²) >= 11 is 0. The lowest BCUT2D eigenvalue weighted by Crippen LogP contribution is -2.11. The number of aromatic nitrogens is 1. The third kappa shape index (κ3) is 4.56. The number of anilines is 3. The highest BCUT2D eigenvalue weighted by Gasteiger charge is 2.24. The number of benzene rings is 8. The molecule has 0 spiro atoms. The number of para-hydroxylation sites is 1. The molecule has 10 aromatic rings. The van der Waals surface area contributed by atoms with Gasteiger partial charge in [0.2, 0.25) is 0 Å². The van der Waals surface area contributed by atoms with E-state index >= 15 is 0 Å². The van der Waals surface area contributed by atoms with Crippen LogP contribution in [0.5, 0.6) is 0 Å². The number of hydrogen-bond acceptors (Lipinski definition) is 3. The molecule has 10 rings (SSSR count). The fraction of sp³-hybridized carbons (Fsp3) is 0. The van der Waals surface area contributed by atoms with Crippen LogP contribution < -0.4 is 4.90 Å². The van der Waals surface area contributed by atoms with Crippen molar-refractivity contribution in [2.24, 2.45) is 0 Å². The Morgan fingerprint density at radius 3 is 1.64 bits per heavy atom. The van der Waals surface area contributed by atoms with Crippen LogP contribution in [-0.2, 0) is 0 Å². The largest absolute Gasteiger partial charge is 0.456 e. The predicted octanol–water partition coefficient (Wildman–Crippen LogP) is 13.2. The van der Waals surface area contributed by atoms with Gasteiger partial charge in [-0.25, -0.2) is 0 Å². The Labute approximate surface area is 289 Å². The lowest BCUT2D eigenvalue weighted by molar-refractivity contribution is 0.669. The lowest BCUT2D eigenvalue weighted by Gasteiger charge is -2.28.